The third kappa shape index (κ3) is 5.77. The Kier molecular flexibility index (Phi) is 3.98. The number of ketones is 1. The molecule has 0 atom stereocenters. The molecule has 178 valence electrons. The Morgan fingerprint density at radius 3 is 2.64 bits per heavy atom. The summed E-state index contributed by atoms with van der Waals surface area (Å²) >= 11 is 0. The average Bonchev–Trinajstić information content (AvgIpc) is 3.27. The summed E-state index contributed by atoms with van der Waals surface area (Å²) in [5, 5.41) is 0.328. The van der Waals surface area contributed by atoms with Gasteiger partial charge in [0.1, 0.15) is 23.7 Å². The van der Waals surface area contributed by atoms with Gasteiger partial charge in [0.05, 0.1) is 13.9 Å². The van der Waals surface area contributed by atoms with Gasteiger partial charge in [0.2, 0.25) is 0 Å². The molecule has 0 aliphatic heterocycles. The van der Waals surface area contributed by atoms with Gasteiger partial charge >= 0.3 is 6.18 Å². The lowest BCUT2D eigenvalue weighted by atomic mass is 9.96. The van der Waals surface area contributed by atoms with Crippen molar-refractivity contribution in [1.82, 2.24) is 4.90 Å². The summed E-state index contributed by atoms with van der Waals surface area (Å²) < 4.78 is 163. The Hall–Kier alpha value is -2.80. The molecule has 0 unspecified atom stereocenters. The lowest BCUT2D eigenvalue weighted by Gasteiger charge is -2.20. The van der Waals surface area contributed by atoms with Crippen LogP contribution in [0.3, 0.4) is 0 Å². The minimum absolute atomic E-state index is 0.00283. The minimum Gasteiger partial charge on any atom is -0.492 e. The highest BCUT2D eigenvalue weighted by Crippen LogP contribution is 2.38. The fraction of sp³-hybridized carbons (Fsp3) is 0.423. The standard InChI is InChI=1S/C26H30F3NO3/c1-4-7-11-23-24(19-10-8-9-12-21(19)33-23)25(31)18-13-14-22(20(17-18)26(27,28)29)32-16-15-30(5-2)6-3/h8-10,12-14,17H,4-7,11,15-16H2,1-3H3/i2D3,3D3,5D2,6D2,15D2,16D2. The minimum atomic E-state index is -5.38. The summed E-state index contributed by atoms with van der Waals surface area (Å²) in [5.41, 5.74) is -2.03. The number of fused-ring (bicyclic) bond motifs is 1. The number of ether oxygens (including phenoxy) is 1. The number of unbranched alkanes of at least 4 members (excludes halogenated alkanes) is 1. The molecule has 33 heavy (non-hydrogen) atoms. The molecule has 0 aliphatic rings. The van der Waals surface area contributed by atoms with Crippen LogP contribution in [0.25, 0.3) is 11.0 Å². The number of aryl methyl sites for hydroxylation is 1. The predicted molar refractivity (Wildman–Crippen MR) is 123 cm³/mol. The summed E-state index contributed by atoms with van der Waals surface area (Å²) in [6, 6.07) is 7.97. The van der Waals surface area contributed by atoms with E-state index in [1.165, 1.54) is 0 Å². The van der Waals surface area contributed by atoms with Crippen molar-refractivity contribution in [2.24, 2.45) is 0 Å². The van der Waals surface area contributed by atoms with Crippen molar-refractivity contribution in [3.05, 3.63) is 64.9 Å². The van der Waals surface area contributed by atoms with E-state index in [0.717, 1.165) is 6.07 Å². The molecule has 0 amide bonds. The van der Waals surface area contributed by atoms with Crippen LogP contribution in [0.5, 0.6) is 5.75 Å². The van der Waals surface area contributed by atoms with Gasteiger partial charge in [-0.05, 0) is 43.7 Å². The summed E-state index contributed by atoms with van der Waals surface area (Å²) in [6.07, 6.45) is -3.78. The second-order valence-corrected chi connectivity index (χ2v) is 6.91. The summed E-state index contributed by atoms with van der Waals surface area (Å²) in [5.74, 6) is -2.11. The highest BCUT2D eigenvalue weighted by Gasteiger charge is 2.35. The third-order valence-electron chi connectivity index (χ3n) is 4.74. The van der Waals surface area contributed by atoms with Crippen molar-refractivity contribution in [3.8, 4) is 5.75 Å². The number of halogens is 3. The van der Waals surface area contributed by atoms with E-state index in [0.29, 0.717) is 42.4 Å². The van der Waals surface area contributed by atoms with Gasteiger partial charge in [-0.1, -0.05) is 45.2 Å². The number of alkyl halides is 3. The second-order valence-electron chi connectivity index (χ2n) is 6.91. The molecule has 0 fully saturated rings. The smallest absolute Gasteiger partial charge is 0.419 e. The normalized spacial score (nSPS) is 20.8. The maximum absolute atomic E-state index is 14.3. The number of hydrogen-bond donors (Lipinski definition) is 0. The molecule has 0 radical (unpaired) electrons. The van der Waals surface area contributed by atoms with Crippen LogP contribution in [0.1, 0.15) is 79.9 Å². The number of rotatable bonds is 11. The van der Waals surface area contributed by atoms with E-state index in [1.807, 2.05) is 6.92 Å². The van der Waals surface area contributed by atoms with Crippen LogP contribution in [0.2, 0.25) is 0 Å². The van der Waals surface area contributed by atoms with E-state index < -0.39 is 73.5 Å². The maximum atomic E-state index is 14.3. The number of likely N-dealkylation sites (N-methyl/N-ethyl adjacent to an activating group) is 1. The first-order chi connectivity index (χ1) is 21.1. The number of hydrogen-bond acceptors (Lipinski definition) is 4. The number of furan rings is 1. The predicted octanol–water partition coefficient (Wildman–Crippen LogP) is 6.75. The average molecular weight is 476 g/mol. The first-order valence-corrected chi connectivity index (χ1v) is 9.88. The number of para-hydroxylation sites is 1. The van der Waals surface area contributed by atoms with Gasteiger partial charge in [0.25, 0.3) is 0 Å². The molecule has 7 heteroatoms. The zero-order valence-corrected chi connectivity index (χ0v) is 17.5. The summed E-state index contributed by atoms with van der Waals surface area (Å²) in [7, 11) is 0. The molecule has 3 rings (SSSR count). The van der Waals surface area contributed by atoms with E-state index in [9.17, 15) is 18.0 Å². The van der Waals surface area contributed by atoms with Gasteiger partial charge in [0, 0.05) is 40.3 Å². The van der Waals surface area contributed by atoms with E-state index in [2.05, 4.69) is 0 Å². The van der Waals surface area contributed by atoms with Gasteiger partial charge in [-0.15, -0.1) is 0 Å². The quantitative estimate of drug-likeness (QED) is 0.288. The number of benzene rings is 2. The Morgan fingerprint density at radius 2 is 1.94 bits per heavy atom. The molecule has 3 aromatic rings. The monoisotopic (exact) mass is 475 g/mol. The van der Waals surface area contributed by atoms with Gasteiger partial charge in [-0.2, -0.15) is 13.2 Å². The molecular weight excluding hydrogens is 431 g/mol. The first-order valence-electron chi connectivity index (χ1n) is 16.9. The first kappa shape index (κ1) is 12.1. The Balaban J connectivity index is 2.17. The van der Waals surface area contributed by atoms with Crippen LogP contribution in [-0.2, 0) is 12.6 Å². The molecule has 0 aliphatic carbocycles. The van der Waals surface area contributed by atoms with Gasteiger partial charge in [-0.3, -0.25) is 4.79 Å². The largest absolute Gasteiger partial charge is 0.492 e. The Labute approximate surface area is 212 Å². The topological polar surface area (TPSA) is 42.7 Å². The highest BCUT2D eigenvalue weighted by molar-refractivity contribution is 6.17. The molecule has 0 saturated heterocycles. The number of carbonyl (C=O) groups is 1. The van der Waals surface area contributed by atoms with Crippen LogP contribution < -0.4 is 4.74 Å². The van der Waals surface area contributed by atoms with Crippen LogP contribution in [0, 0.1) is 0 Å². The molecule has 1 heterocycles. The van der Waals surface area contributed by atoms with Crippen molar-refractivity contribution in [1.29, 1.82) is 0 Å². The van der Waals surface area contributed by atoms with Crippen molar-refractivity contribution < 1.29 is 46.3 Å². The SMILES string of the molecule is [2H]C([2H])([2H])C([2H])([2H])N(C([2H])([2H])C([2H])([2H])[2H])C([2H])([2H])C([2H])([2H])Oc1ccc(C(=O)c2c(CCCC)oc3ccccc23)cc1C(F)(F)F. The van der Waals surface area contributed by atoms with E-state index in [-0.39, 0.29) is 11.3 Å². The molecule has 0 spiro atoms. The van der Waals surface area contributed by atoms with E-state index in [1.54, 1.807) is 24.3 Å². The fourth-order valence-electron chi connectivity index (χ4n) is 3.19. The zero-order valence-electron chi connectivity index (χ0n) is 31.5. The maximum Gasteiger partial charge on any atom is 0.419 e. The lowest BCUT2D eigenvalue weighted by Crippen LogP contribution is -2.28. The summed E-state index contributed by atoms with van der Waals surface area (Å²) in [4.78, 5) is 12.6. The Morgan fingerprint density at radius 1 is 1.18 bits per heavy atom. The lowest BCUT2D eigenvalue weighted by molar-refractivity contribution is -0.139. The molecule has 4 nitrogen and oxygen atoms in total. The second kappa shape index (κ2) is 10.9. The highest BCUT2D eigenvalue weighted by atomic mass is 19.4. The molecule has 0 bridgehead atoms. The molecule has 1 aromatic heterocycles. The van der Waals surface area contributed by atoms with Crippen LogP contribution >= 0.6 is 0 Å². The van der Waals surface area contributed by atoms with Crippen LogP contribution in [-0.4, -0.2) is 36.7 Å². The van der Waals surface area contributed by atoms with E-state index >= 15 is 0 Å². The molecule has 2 aromatic carbocycles. The van der Waals surface area contributed by atoms with E-state index in [4.69, 9.17) is 28.3 Å². The van der Waals surface area contributed by atoms with Crippen LogP contribution in [0.15, 0.2) is 46.9 Å². The Bertz CT molecular complexity index is 1590. The molecule has 0 saturated carbocycles. The van der Waals surface area contributed by atoms with Gasteiger partial charge in [0.15, 0.2) is 5.78 Å². The van der Waals surface area contributed by atoms with Gasteiger partial charge < -0.3 is 14.1 Å². The summed E-state index contributed by atoms with van der Waals surface area (Å²) in [6.45, 7) is -23.3. The van der Waals surface area contributed by atoms with Crippen molar-refractivity contribution in [3.63, 3.8) is 0 Å². The molecule has 0 N–H and O–H groups in total. The van der Waals surface area contributed by atoms with Crippen molar-refractivity contribution >= 4 is 16.8 Å². The number of nitrogens with zero attached hydrogens (tertiary/aromatic N) is 1. The number of carbonyl (C=O) groups excluding carboxylic acids is 1. The molecular formula is C26H30F3NO3. The fourth-order valence-corrected chi connectivity index (χ4v) is 3.19. The van der Waals surface area contributed by atoms with Gasteiger partial charge in [-0.25, -0.2) is 0 Å². The third-order valence-corrected chi connectivity index (χ3v) is 4.74. The van der Waals surface area contributed by atoms with Crippen molar-refractivity contribution in [2.45, 2.75) is 46.1 Å². The van der Waals surface area contributed by atoms with Crippen LogP contribution in [0.4, 0.5) is 13.2 Å². The zero-order chi connectivity index (χ0) is 36.2. The van der Waals surface area contributed by atoms with Crippen molar-refractivity contribution in [2.75, 3.05) is 26.0 Å².